The summed E-state index contributed by atoms with van der Waals surface area (Å²) in [6, 6.07) is 15.6. The third-order valence-electron chi connectivity index (χ3n) is 4.47. The summed E-state index contributed by atoms with van der Waals surface area (Å²) in [7, 11) is 0. The maximum absolute atomic E-state index is 12.5. The molecule has 1 saturated heterocycles. The highest BCUT2D eigenvalue weighted by Crippen LogP contribution is 2.13. The number of hydrogen-bond donors (Lipinski definition) is 5. The van der Waals surface area contributed by atoms with Crippen LogP contribution in [-0.4, -0.2) is 15.5 Å². The minimum atomic E-state index is -0.0948. The van der Waals surface area contributed by atoms with E-state index in [9.17, 15) is 4.79 Å². The molecule has 8 heteroatoms. The zero-order valence-corrected chi connectivity index (χ0v) is 14.6. The molecule has 0 aliphatic carbocycles. The van der Waals surface area contributed by atoms with E-state index in [1.165, 1.54) is 0 Å². The highest BCUT2D eigenvalue weighted by molar-refractivity contribution is 5.94. The average molecular weight is 363 g/mol. The molecule has 0 radical (unpaired) electrons. The van der Waals surface area contributed by atoms with Crippen LogP contribution >= 0.6 is 0 Å². The van der Waals surface area contributed by atoms with Crippen LogP contribution < -0.4 is 27.2 Å². The molecule has 1 fully saturated rings. The molecule has 2 aromatic carbocycles. The van der Waals surface area contributed by atoms with Crippen molar-refractivity contribution in [1.82, 2.24) is 36.8 Å². The second-order valence-corrected chi connectivity index (χ2v) is 6.28. The van der Waals surface area contributed by atoms with Crippen LogP contribution in [0, 0.1) is 0 Å². The minimum absolute atomic E-state index is 0.0443. The number of rotatable bonds is 6. The number of carbonyl (C=O) groups excluding carboxylic acids is 1. The molecule has 4 rings (SSSR count). The van der Waals surface area contributed by atoms with Crippen molar-refractivity contribution in [2.75, 3.05) is 0 Å². The van der Waals surface area contributed by atoms with Crippen molar-refractivity contribution in [1.29, 1.82) is 0 Å². The van der Waals surface area contributed by atoms with Crippen molar-refractivity contribution < 1.29 is 4.79 Å². The van der Waals surface area contributed by atoms with Gasteiger partial charge in [0.1, 0.15) is 6.17 Å². The van der Waals surface area contributed by atoms with Crippen LogP contribution in [0.5, 0.6) is 0 Å². The van der Waals surface area contributed by atoms with Gasteiger partial charge in [-0.1, -0.05) is 36.4 Å². The molecule has 1 aromatic heterocycles. The van der Waals surface area contributed by atoms with E-state index in [0.29, 0.717) is 12.1 Å². The van der Waals surface area contributed by atoms with E-state index in [1.54, 1.807) is 12.5 Å². The van der Waals surface area contributed by atoms with Gasteiger partial charge in [-0.2, -0.15) is 11.1 Å². The fourth-order valence-electron chi connectivity index (χ4n) is 2.98. The molecule has 0 unspecified atom stereocenters. The number of nitrogens with zero attached hydrogens (tertiary/aromatic N) is 2. The second-order valence-electron chi connectivity index (χ2n) is 6.28. The lowest BCUT2D eigenvalue weighted by Gasteiger charge is -2.12. The Bertz CT molecular complexity index is 887. The Morgan fingerprint density at radius 1 is 1.04 bits per heavy atom. The van der Waals surface area contributed by atoms with E-state index in [4.69, 9.17) is 0 Å². The lowest BCUT2D eigenvalue weighted by Crippen LogP contribution is -2.33. The van der Waals surface area contributed by atoms with Gasteiger partial charge in [-0.25, -0.2) is 15.8 Å². The molecule has 27 heavy (non-hydrogen) atoms. The zero-order chi connectivity index (χ0) is 18.5. The fraction of sp³-hybridized carbons (Fsp3) is 0.158. The molecule has 0 saturated carbocycles. The van der Waals surface area contributed by atoms with Gasteiger partial charge >= 0.3 is 0 Å². The first-order chi connectivity index (χ1) is 13.3. The summed E-state index contributed by atoms with van der Waals surface area (Å²) in [6.45, 7) is 1.20. The highest BCUT2D eigenvalue weighted by Gasteiger charge is 2.15. The Hall–Kier alpha value is -3.04. The Morgan fingerprint density at radius 2 is 1.78 bits per heavy atom. The predicted octanol–water partition coefficient (Wildman–Crippen LogP) is 0.977. The smallest absolute Gasteiger partial charge is 0.251 e. The number of hydrazine groups is 3. The van der Waals surface area contributed by atoms with Crippen molar-refractivity contribution in [3.05, 3.63) is 89.5 Å². The number of aromatic nitrogens is 2. The Balaban J connectivity index is 1.39. The fourth-order valence-corrected chi connectivity index (χ4v) is 2.98. The van der Waals surface area contributed by atoms with E-state index in [2.05, 4.69) is 38.3 Å². The topological polar surface area (TPSA) is 95.0 Å². The third kappa shape index (κ3) is 4.21. The molecule has 0 bridgehead atoms. The van der Waals surface area contributed by atoms with Gasteiger partial charge in [-0.15, -0.1) is 0 Å². The van der Waals surface area contributed by atoms with Crippen molar-refractivity contribution in [3.8, 4) is 0 Å². The number of carbonyl (C=O) groups is 1. The summed E-state index contributed by atoms with van der Waals surface area (Å²) in [5.74, 6) is -0.0948. The van der Waals surface area contributed by atoms with E-state index in [1.807, 2.05) is 53.2 Å². The highest BCUT2D eigenvalue weighted by atomic mass is 16.1. The first kappa shape index (κ1) is 17.4. The summed E-state index contributed by atoms with van der Waals surface area (Å²) in [4.78, 5) is 16.6. The lowest BCUT2D eigenvalue weighted by atomic mass is 10.1. The standard InChI is InChI=1S/C19H21N7O/c27-19(15-7-5-14(6-8-15)18-22-24-25-23-18)21-11-16-3-1-2-4-17(16)12-26-10-9-20-13-26/h1-10,13,18,22-25H,11-12H2,(H,21,27). The number of benzene rings is 2. The van der Waals surface area contributed by atoms with Gasteiger partial charge in [0.15, 0.2) is 0 Å². The predicted molar refractivity (Wildman–Crippen MR) is 101 cm³/mol. The molecule has 0 atom stereocenters. The van der Waals surface area contributed by atoms with Crippen LogP contribution in [0.25, 0.3) is 0 Å². The van der Waals surface area contributed by atoms with Crippen LogP contribution in [-0.2, 0) is 13.1 Å². The molecule has 3 aromatic rings. The van der Waals surface area contributed by atoms with Crippen molar-refractivity contribution in [2.45, 2.75) is 19.3 Å². The molecule has 1 aliphatic rings. The molecule has 1 aliphatic heterocycles. The normalized spacial score (nSPS) is 14.4. The summed E-state index contributed by atoms with van der Waals surface area (Å²) in [6.07, 6.45) is 5.43. The quantitative estimate of drug-likeness (QED) is 0.448. The summed E-state index contributed by atoms with van der Waals surface area (Å²) in [5.41, 5.74) is 15.5. The number of amides is 1. The Morgan fingerprint density at radius 3 is 2.48 bits per heavy atom. The van der Waals surface area contributed by atoms with E-state index in [0.717, 1.165) is 23.2 Å². The number of hydrogen-bond acceptors (Lipinski definition) is 6. The molecule has 2 heterocycles. The molecule has 1 amide bonds. The molecule has 138 valence electrons. The van der Waals surface area contributed by atoms with Gasteiger partial charge in [-0.3, -0.25) is 4.79 Å². The molecular weight excluding hydrogens is 342 g/mol. The van der Waals surface area contributed by atoms with Gasteiger partial charge in [0.05, 0.1) is 6.33 Å². The maximum atomic E-state index is 12.5. The summed E-state index contributed by atoms with van der Waals surface area (Å²) < 4.78 is 2.01. The van der Waals surface area contributed by atoms with Crippen LogP contribution in [0.15, 0.2) is 67.3 Å². The van der Waals surface area contributed by atoms with Crippen LogP contribution in [0.1, 0.15) is 33.2 Å². The van der Waals surface area contributed by atoms with Gasteiger partial charge in [0.2, 0.25) is 0 Å². The van der Waals surface area contributed by atoms with Crippen molar-refractivity contribution in [2.24, 2.45) is 0 Å². The second kappa shape index (κ2) is 8.11. The zero-order valence-electron chi connectivity index (χ0n) is 14.6. The monoisotopic (exact) mass is 363 g/mol. The number of nitrogens with one attached hydrogen (secondary N) is 5. The number of imidazole rings is 1. The van der Waals surface area contributed by atoms with Crippen LogP contribution in [0.2, 0.25) is 0 Å². The first-order valence-corrected chi connectivity index (χ1v) is 8.71. The van der Waals surface area contributed by atoms with Gasteiger partial charge in [-0.05, 0) is 28.8 Å². The molecule has 0 spiro atoms. The van der Waals surface area contributed by atoms with Crippen molar-refractivity contribution >= 4 is 5.91 Å². The summed E-state index contributed by atoms with van der Waals surface area (Å²) >= 11 is 0. The van der Waals surface area contributed by atoms with Crippen LogP contribution in [0.3, 0.4) is 0 Å². The van der Waals surface area contributed by atoms with E-state index >= 15 is 0 Å². The third-order valence-corrected chi connectivity index (χ3v) is 4.47. The van der Waals surface area contributed by atoms with Gasteiger partial charge < -0.3 is 9.88 Å². The summed E-state index contributed by atoms with van der Waals surface area (Å²) in [5, 5.41) is 3.00. The lowest BCUT2D eigenvalue weighted by molar-refractivity contribution is 0.0951. The van der Waals surface area contributed by atoms with E-state index in [-0.39, 0.29) is 12.1 Å². The maximum Gasteiger partial charge on any atom is 0.251 e. The van der Waals surface area contributed by atoms with Crippen molar-refractivity contribution in [3.63, 3.8) is 0 Å². The SMILES string of the molecule is O=C(NCc1ccccc1Cn1ccnc1)c1ccc(C2NNNN2)cc1. The van der Waals surface area contributed by atoms with E-state index < -0.39 is 0 Å². The molecule has 8 nitrogen and oxygen atoms in total. The van der Waals surface area contributed by atoms with Crippen LogP contribution in [0.4, 0.5) is 0 Å². The molecular formula is C19H21N7O. The largest absolute Gasteiger partial charge is 0.348 e. The van der Waals surface area contributed by atoms with Gasteiger partial charge in [0.25, 0.3) is 5.91 Å². The molecule has 5 N–H and O–H groups in total. The minimum Gasteiger partial charge on any atom is -0.348 e. The first-order valence-electron chi connectivity index (χ1n) is 8.71. The average Bonchev–Trinajstić information content (AvgIpc) is 3.41. The van der Waals surface area contributed by atoms with Gasteiger partial charge in [0, 0.05) is 31.0 Å². The Labute approximate surface area is 156 Å². The Kier molecular flexibility index (Phi) is 5.22.